The molecule has 156 valence electrons. The second-order valence-electron chi connectivity index (χ2n) is 7.50. The Morgan fingerprint density at radius 3 is 2.39 bits per heavy atom. The van der Waals surface area contributed by atoms with Crippen LogP contribution in [0.15, 0.2) is 63.9 Å². The smallest absolute Gasteiger partial charge is 0.255 e. The monoisotopic (exact) mass is 452 g/mol. The van der Waals surface area contributed by atoms with E-state index >= 15 is 0 Å². The van der Waals surface area contributed by atoms with Crippen molar-refractivity contribution >= 4 is 23.2 Å². The maximum Gasteiger partial charge on any atom is 0.255 e. The average Bonchev–Trinajstić information content (AvgIpc) is 3.23. The highest BCUT2D eigenvalue weighted by Gasteiger charge is 2.22. The summed E-state index contributed by atoms with van der Waals surface area (Å²) in [6.07, 6.45) is 0.696. The zero-order valence-electron chi connectivity index (χ0n) is 16.4. The topological polar surface area (TPSA) is 75.0 Å². The minimum atomic E-state index is -0.110. The molecule has 0 atom stereocenters. The van der Waals surface area contributed by atoms with Crippen molar-refractivity contribution < 1.29 is 4.52 Å². The summed E-state index contributed by atoms with van der Waals surface area (Å²) in [6, 6.07) is 16.6. The first-order valence-electron chi connectivity index (χ1n) is 9.87. The molecular formula is C23H18Cl2N4O2. The van der Waals surface area contributed by atoms with E-state index in [1.165, 1.54) is 0 Å². The lowest BCUT2D eigenvalue weighted by molar-refractivity contribution is 0.234. The number of benzene rings is 2. The molecule has 0 aliphatic carbocycles. The van der Waals surface area contributed by atoms with Crippen molar-refractivity contribution in [2.75, 3.05) is 6.54 Å². The second kappa shape index (κ2) is 8.30. The number of halogens is 2. The molecule has 0 saturated carbocycles. The van der Waals surface area contributed by atoms with Gasteiger partial charge in [-0.2, -0.15) is 0 Å². The van der Waals surface area contributed by atoms with Gasteiger partial charge in [0.05, 0.1) is 17.0 Å². The van der Waals surface area contributed by atoms with Gasteiger partial charge in [-0.1, -0.05) is 28.4 Å². The van der Waals surface area contributed by atoms with Crippen LogP contribution in [0.3, 0.4) is 0 Å². The molecule has 6 nitrogen and oxygen atoms in total. The number of rotatable bonds is 4. The molecule has 5 rings (SSSR count). The molecule has 2 aromatic heterocycles. The van der Waals surface area contributed by atoms with Gasteiger partial charge in [0.2, 0.25) is 0 Å². The van der Waals surface area contributed by atoms with Gasteiger partial charge in [-0.25, -0.2) is 4.98 Å². The molecule has 0 amide bonds. The first-order valence-corrected chi connectivity index (χ1v) is 10.6. The first-order chi connectivity index (χ1) is 15.0. The highest BCUT2D eigenvalue weighted by Crippen LogP contribution is 2.24. The molecule has 1 N–H and O–H groups in total. The van der Waals surface area contributed by atoms with Gasteiger partial charge in [0, 0.05) is 53.3 Å². The molecule has 31 heavy (non-hydrogen) atoms. The third kappa shape index (κ3) is 4.28. The third-order valence-corrected chi connectivity index (χ3v) is 5.84. The lowest BCUT2D eigenvalue weighted by Gasteiger charge is -2.26. The maximum absolute atomic E-state index is 12.7. The van der Waals surface area contributed by atoms with Crippen LogP contribution in [0.25, 0.3) is 22.7 Å². The molecule has 0 fully saturated rings. The predicted molar refractivity (Wildman–Crippen MR) is 120 cm³/mol. The summed E-state index contributed by atoms with van der Waals surface area (Å²) in [6.45, 7) is 1.89. The number of nitrogens with zero attached hydrogens (tertiary/aromatic N) is 3. The number of fused-ring (bicyclic) bond motifs is 1. The summed E-state index contributed by atoms with van der Waals surface area (Å²) in [5.74, 6) is 1.26. The van der Waals surface area contributed by atoms with Crippen molar-refractivity contribution in [2.45, 2.75) is 19.5 Å². The Bertz CT molecular complexity index is 1280. The number of nitrogens with one attached hydrogen (secondary N) is 1. The number of aromatic amines is 1. The Labute approximate surface area is 188 Å². The molecule has 0 spiro atoms. The van der Waals surface area contributed by atoms with Crippen LogP contribution in [0.4, 0.5) is 0 Å². The van der Waals surface area contributed by atoms with Crippen molar-refractivity contribution in [3.63, 3.8) is 0 Å². The summed E-state index contributed by atoms with van der Waals surface area (Å²) in [7, 11) is 0. The number of hydrogen-bond donors (Lipinski definition) is 1. The summed E-state index contributed by atoms with van der Waals surface area (Å²) in [5, 5.41) is 5.51. The van der Waals surface area contributed by atoms with Crippen molar-refractivity contribution in [1.82, 2.24) is 20.0 Å². The SMILES string of the molecule is O=c1[nH]c(-c2ccc(Cl)cc2)nc2c1CN(Cc1cc(-c3ccc(Cl)cc3)on1)CC2. The molecule has 4 aromatic rings. The van der Waals surface area contributed by atoms with E-state index in [0.29, 0.717) is 46.7 Å². The van der Waals surface area contributed by atoms with Crippen LogP contribution in [-0.4, -0.2) is 26.6 Å². The molecule has 0 saturated heterocycles. The quantitative estimate of drug-likeness (QED) is 0.473. The lowest BCUT2D eigenvalue weighted by atomic mass is 10.1. The molecule has 2 aromatic carbocycles. The van der Waals surface area contributed by atoms with Crippen LogP contribution in [0.2, 0.25) is 10.0 Å². The molecule has 0 unspecified atom stereocenters. The highest BCUT2D eigenvalue weighted by atomic mass is 35.5. The van der Waals surface area contributed by atoms with Gasteiger partial charge in [0.25, 0.3) is 5.56 Å². The normalized spacial score (nSPS) is 13.9. The van der Waals surface area contributed by atoms with Crippen molar-refractivity contribution in [3.05, 3.63) is 91.9 Å². The van der Waals surface area contributed by atoms with E-state index in [-0.39, 0.29) is 5.56 Å². The largest absolute Gasteiger partial charge is 0.356 e. The zero-order valence-corrected chi connectivity index (χ0v) is 18.0. The van der Waals surface area contributed by atoms with Gasteiger partial charge < -0.3 is 9.51 Å². The highest BCUT2D eigenvalue weighted by molar-refractivity contribution is 6.30. The van der Waals surface area contributed by atoms with Gasteiger partial charge >= 0.3 is 0 Å². The minimum absolute atomic E-state index is 0.110. The molecule has 1 aliphatic heterocycles. The minimum Gasteiger partial charge on any atom is -0.356 e. The number of hydrogen-bond acceptors (Lipinski definition) is 5. The summed E-state index contributed by atoms with van der Waals surface area (Å²) < 4.78 is 5.49. The van der Waals surface area contributed by atoms with E-state index < -0.39 is 0 Å². The third-order valence-electron chi connectivity index (χ3n) is 5.34. The fraction of sp³-hybridized carbons (Fsp3) is 0.174. The van der Waals surface area contributed by atoms with E-state index in [9.17, 15) is 4.79 Å². The fourth-order valence-electron chi connectivity index (χ4n) is 3.73. The van der Waals surface area contributed by atoms with Crippen LogP contribution < -0.4 is 5.56 Å². The van der Waals surface area contributed by atoms with Crippen LogP contribution in [0, 0.1) is 0 Å². The molecule has 3 heterocycles. The first kappa shape index (κ1) is 20.0. The molecule has 0 bridgehead atoms. The number of H-pyrrole nitrogens is 1. The Hall–Kier alpha value is -2.93. The Morgan fingerprint density at radius 1 is 1.00 bits per heavy atom. The molecule has 0 radical (unpaired) electrons. The number of aromatic nitrogens is 3. The average molecular weight is 453 g/mol. The Morgan fingerprint density at radius 2 is 1.68 bits per heavy atom. The van der Waals surface area contributed by atoms with Crippen LogP contribution in [0.1, 0.15) is 17.0 Å². The molecule has 1 aliphatic rings. The Balaban J connectivity index is 1.32. The van der Waals surface area contributed by atoms with E-state index in [4.69, 9.17) is 32.7 Å². The van der Waals surface area contributed by atoms with Gasteiger partial charge in [-0.15, -0.1) is 0 Å². The summed E-state index contributed by atoms with van der Waals surface area (Å²) >= 11 is 11.9. The molecule has 8 heteroatoms. The van der Waals surface area contributed by atoms with E-state index in [2.05, 4.69) is 15.0 Å². The standard InChI is InChI=1S/C23H18Cl2N4O2/c24-16-5-1-14(2-6-16)21-11-18(28-31-21)12-29-10-9-20-19(13-29)23(30)27-22(26-20)15-3-7-17(25)8-4-15/h1-8,11H,9-10,12-13H2,(H,26,27,30). The maximum atomic E-state index is 12.7. The van der Waals surface area contributed by atoms with Gasteiger partial charge in [-0.05, 0) is 48.5 Å². The van der Waals surface area contributed by atoms with Crippen LogP contribution in [-0.2, 0) is 19.5 Å². The molecular weight excluding hydrogens is 435 g/mol. The van der Waals surface area contributed by atoms with Gasteiger partial charge in [0.15, 0.2) is 5.76 Å². The zero-order chi connectivity index (χ0) is 21.4. The Kier molecular flexibility index (Phi) is 5.36. The van der Waals surface area contributed by atoms with Crippen LogP contribution >= 0.6 is 23.2 Å². The summed E-state index contributed by atoms with van der Waals surface area (Å²) in [5.41, 5.74) is 4.00. The summed E-state index contributed by atoms with van der Waals surface area (Å²) in [4.78, 5) is 22.5. The van der Waals surface area contributed by atoms with Crippen molar-refractivity contribution in [3.8, 4) is 22.7 Å². The van der Waals surface area contributed by atoms with E-state index in [1.54, 1.807) is 12.1 Å². The predicted octanol–water partition coefficient (Wildman–Crippen LogP) is 4.96. The van der Waals surface area contributed by atoms with Gasteiger partial charge in [-0.3, -0.25) is 9.69 Å². The fourth-order valence-corrected chi connectivity index (χ4v) is 3.98. The lowest BCUT2D eigenvalue weighted by Crippen LogP contribution is -2.35. The van der Waals surface area contributed by atoms with E-state index in [1.807, 2.05) is 42.5 Å². The van der Waals surface area contributed by atoms with Crippen molar-refractivity contribution in [1.29, 1.82) is 0 Å². The van der Waals surface area contributed by atoms with E-state index in [0.717, 1.165) is 29.1 Å². The van der Waals surface area contributed by atoms with Gasteiger partial charge in [0.1, 0.15) is 5.82 Å². The van der Waals surface area contributed by atoms with Crippen molar-refractivity contribution in [2.24, 2.45) is 0 Å². The second-order valence-corrected chi connectivity index (χ2v) is 8.37. The van der Waals surface area contributed by atoms with Crippen LogP contribution in [0.5, 0.6) is 0 Å².